The first kappa shape index (κ1) is 12.5. The molecule has 1 saturated carbocycles. The number of carboxylic acid groups (broad SMARTS) is 1. The van der Waals surface area contributed by atoms with Crippen LogP contribution in [0.25, 0.3) is 0 Å². The summed E-state index contributed by atoms with van der Waals surface area (Å²) in [6.07, 6.45) is 8.03. The molecule has 4 heteroatoms. The Morgan fingerprint density at radius 3 is 2.47 bits per heavy atom. The van der Waals surface area contributed by atoms with Crippen molar-refractivity contribution in [3.63, 3.8) is 0 Å². The van der Waals surface area contributed by atoms with Crippen LogP contribution in [0.15, 0.2) is 0 Å². The zero-order chi connectivity index (χ0) is 11.1. The molecule has 1 aliphatic carbocycles. The summed E-state index contributed by atoms with van der Waals surface area (Å²) < 4.78 is 5.64. The Balaban J connectivity index is 2.10. The molecule has 0 saturated heterocycles. The van der Waals surface area contributed by atoms with E-state index >= 15 is 0 Å². The molecule has 4 nitrogen and oxygen atoms in total. The van der Waals surface area contributed by atoms with Crippen molar-refractivity contribution in [1.82, 2.24) is 0 Å². The fourth-order valence-corrected chi connectivity index (χ4v) is 1.89. The number of nitrogens with two attached hydrogens (primary N) is 1. The van der Waals surface area contributed by atoms with Gasteiger partial charge in [0.05, 0.1) is 6.10 Å². The maximum atomic E-state index is 10.5. The zero-order valence-electron chi connectivity index (χ0n) is 9.15. The molecule has 1 atom stereocenters. The Morgan fingerprint density at radius 2 is 1.93 bits per heavy atom. The van der Waals surface area contributed by atoms with Gasteiger partial charge in [-0.3, -0.25) is 4.79 Å². The highest BCUT2D eigenvalue weighted by molar-refractivity contribution is 5.72. The summed E-state index contributed by atoms with van der Waals surface area (Å²) in [7, 11) is 0. The van der Waals surface area contributed by atoms with Crippen molar-refractivity contribution < 1.29 is 14.6 Å². The van der Waals surface area contributed by atoms with Gasteiger partial charge >= 0.3 is 5.97 Å². The maximum Gasteiger partial charge on any atom is 0.320 e. The maximum absolute atomic E-state index is 10.5. The van der Waals surface area contributed by atoms with E-state index in [4.69, 9.17) is 15.6 Å². The highest BCUT2D eigenvalue weighted by Gasteiger charge is 2.15. The summed E-state index contributed by atoms with van der Waals surface area (Å²) in [5, 5.41) is 8.58. The van der Waals surface area contributed by atoms with Gasteiger partial charge in [-0.05, 0) is 19.3 Å². The van der Waals surface area contributed by atoms with Crippen LogP contribution >= 0.6 is 0 Å². The van der Waals surface area contributed by atoms with Crippen LogP contribution in [0.4, 0.5) is 0 Å². The number of hydrogen-bond donors (Lipinski definition) is 2. The van der Waals surface area contributed by atoms with Gasteiger partial charge in [-0.25, -0.2) is 0 Å². The van der Waals surface area contributed by atoms with Gasteiger partial charge in [-0.1, -0.05) is 25.7 Å². The molecule has 0 aromatic heterocycles. The minimum absolute atomic E-state index is 0.327. The minimum atomic E-state index is -0.945. The lowest BCUT2D eigenvalue weighted by Gasteiger charge is -2.16. The van der Waals surface area contributed by atoms with Gasteiger partial charge in [-0.2, -0.15) is 0 Å². The Labute approximate surface area is 90.8 Å². The van der Waals surface area contributed by atoms with Crippen LogP contribution in [0, 0.1) is 0 Å². The second-order valence-electron chi connectivity index (χ2n) is 4.22. The monoisotopic (exact) mass is 215 g/mol. The smallest absolute Gasteiger partial charge is 0.320 e. The standard InChI is InChI=1S/C11H21NO3/c12-10(11(13)14)7-8-15-9-5-3-1-2-4-6-9/h9-10H,1-8,12H2,(H,13,14). The van der Waals surface area contributed by atoms with Gasteiger partial charge in [0.15, 0.2) is 0 Å². The van der Waals surface area contributed by atoms with E-state index in [1.807, 2.05) is 0 Å². The molecule has 0 amide bonds. The molecule has 0 bridgehead atoms. The highest BCUT2D eigenvalue weighted by atomic mass is 16.5. The molecule has 0 aromatic carbocycles. The molecule has 0 spiro atoms. The Morgan fingerprint density at radius 1 is 1.33 bits per heavy atom. The van der Waals surface area contributed by atoms with E-state index in [2.05, 4.69) is 0 Å². The van der Waals surface area contributed by atoms with Crippen LogP contribution in [0.5, 0.6) is 0 Å². The van der Waals surface area contributed by atoms with E-state index in [-0.39, 0.29) is 0 Å². The number of rotatable bonds is 5. The van der Waals surface area contributed by atoms with Gasteiger partial charge in [0.25, 0.3) is 0 Å². The van der Waals surface area contributed by atoms with E-state index in [1.165, 1.54) is 25.7 Å². The molecule has 1 fully saturated rings. The quantitative estimate of drug-likeness (QED) is 0.682. The Bertz CT molecular complexity index is 188. The van der Waals surface area contributed by atoms with Crippen molar-refractivity contribution in [3.05, 3.63) is 0 Å². The predicted molar refractivity (Wildman–Crippen MR) is 57.7 cm³/mol. The van der Waals surface area contributed by atoms with E-state index in [0.29, 0.717) is 19.1 Å². The van der Waals surface area contributed by atoms with Crippen LogP contribution in [-0.2, 0) is 9.53 Å². The van der Waals surface area contributed by atoms with Crippen molar-refractivity contribution in [3.8, 4) is 0 Å². The summed E-state index contributed by atoms with van der Waals surface area (Å²) in [4.78, 5) is 10.5. The lowest BCUT2D eigenvalue weighted by atomic mass is 10.1. The van der Waals surface area contributed by atoms with Crippen LogP contribution in [-0.4, -0.2) is 29.8 Å². The summed E-state index contributed by atoms with van der Waals surface area (Å²) >= 11 is 0. The topological polar surface area (TPSA) is 72.5 Å². The van der Waals surface area contributed by atoms with Gasteiger partial charge in [-0.15, -0.1) is 0 Å². The third-order valence-electron chi connectivity index (χ3n) is 2.90. The lowest BCUT2D eigenvalue weighted by molar-refractivity contribution is -0.139. The predicted octanol–water partition coefficient (Wildman–Crippen LogP) is 1.53. The van der Waals surface area contributed by atoms with Crippen molar-refractivity contribution >= 4 is 5.97 Å². The molecular formula is C11H21NO3. The normalized spacial score (nSPS) is 20.9. The number of aliphatic carboxylic acids is 1. The summed E-state index contributed by atoms with van der Waals surface area (Å²) in [6, 6.07) is -0.782. The number of carboxylic acids is 1. The molecule has 1 aliphatic rings. The fourth-order valence-electron chi connectivity index (χ4n) is 1.89. The second-order valence-corrected chi connectivity index (χ2v) is 4.22. The molecule has 0 heterocycles. The van der Waals surface area contributed by atoms with Crippen molar-refractivity contribution in [2.45, 2.75) is 57.1 Å². The number of ether oxygens (including phenoxy) is 1. The number of hydrogen-bond acceptors (Lipinski definition) is 3. The van der Waals surface area contributed by atoms with E-state index < -0.39 is 12.0 Å². The Kier molecular flexibility index (Phi) is 5.65. The summed E-state index contributed by atoms with van der Waals surface area (Å²) in [5.74, 6) is -0.945. The largest absolute Gasteiger partial charge is 0.480 e. The third-order valence-corrected chi connectivity index (χ3v) is 2.90. The zero-order valence-corrected chi connectivity index (χ0v) is 9.15. The molecule has 0 radical (unpaired) electrons. The summed E-state index contributed by atoms with van der Waals surface area (Å²) in [6.45, 7) is 0.470. The highest BCUT2D eigenvalue weighted by Crippen LogP contribution is 2.19. The Hall–Kier alpha value is -0.610. The molecule has 1 rings (SSSR count). The first-order valence-corrected chi connectivity index (χ1v) is 5.80. The van der Waals surface area contributed by atoms with E-state index in [9.17, 15) is 4.79 Å². The first-order valence-electron chi connectivity index (χ1n) is 5.80. The van der Waals surface area contributed by atoms with Crippen LogP contribution in [0.1, 0.15) is 44.9 Å². The molecule has 88 valence electrons. The molecule has 3 N–H and O–H groups in total. The van der Waals surface area contributed by atoms with Crippen molar-refractivity contribution in [2.75, 3.05) is 6.61 Å². The van der Waals surface area contributed by atoms with Crippen molar-refractivity contribution in [2.24, 2.45) is 5.73 Å². The van der Waals surface area contributed by atoms with Gasteiger partial charge in [0, 0.05) is 6.61 Å². The molecular weight excluding hydrogens is 194 g/mol. The van der Waals surface area contributed by atoms with Crippen LogP contribution < -0.4 is 5.73 Å². The molecule has 0 aliphatic heterocycles. The van der Waals surface area contributed by atoms with E-state index in [1.54, 1.807) is 0 Å². The first-order chi connectivity index (χ1) is 7.20. The second kappa shape index (κ2) is 6.80. The lowest BCUT2D eigenvalue weighted by Crippen LogP contribution is -2.31. The molecule has 15 heavy (non-hydrogen) atoms. The SMILES string of the molecule is NC(CCOC1CCCCCC1)C(=O)O. The molecule has 0 aromatic rings. The summed E-state index contributed by atoms with van der Waals surface area (Å²) in [5.41, 5.74) is 5.38. The number of carbonyl (C=O) groups is 1. The van der Waals surface area contributed by atoms with Crippen LogP contribution in [0.3, 0.4) is 0 Å². The average molecular weight is 215 g/mol. The fraction of sp³-hybridized carbons (Fsp3) is 0.909. The average Bonchev–Trinajstić information content (AvgIpc) is 2.46. The molecule has 1 unspecified atom stereocenters. The van der Waals surface area contributed by atoms with Gasteiger partial charge in [0.1, 0.15) is 6.04 Å². The van der Waals surface area contributed by atoms with E-state index in [0.717, 1.165) is 12.8 Å². The van der Waals surface area contributed by atoms with Gasteiger partial charge in [0.2, 0.25) is 0 Å². The third kappa shape index (κ3) is 5.14. The van der Waals surface area contributed by atoms with Crippen molar-refractivity contribution in [1.29, 1.82) is 0 Å². The van der Waals surface area contributed by atoms with Gasteiger partial charge < -0.3 is 15.6 Å². The van der Waals surface area contributed by atoms with Crippen LogP contribution in [0.2, 0.25) is 0 Å². The minimum Gasteiger partial charge on any atom is -0.480 e.